The number of nitrogens with zero attached hydrogens (tertiary/aromatic N) is 2. The van der Waals surface area contributed by atoms with E-state index in [0.717, 1.165) is 48.3 Å². The van der Waals surface area contributed by atoms with Gasteiger partial charge in [0.2, 0.25) is 11.7 Å². The molecule has 10 nitrogen and oxygen atoms in total. The summed E-state index contributed by atoms with van der Waals surface area (Å²) in [4.78, 5) is 25.8. The normalized spacial score (nSPS) is 14.4. The number of H-pyrrole nitrogens is 2. The molecule has 1 aliphatic heterocycles. The molecular formula is C33H42BrN6O4S+. The van der Waals surface area contributed by atoms with Crippen LogP contribution in [0.5, 0.6) is 5.75 Å². The Morgan fingerprint density at radius 3 is 2.49 bits per heavy atom. The van der Waals surface area contributed by atoms with Crippen molar-refractivity contribution in [3.8, 4) is 5.75 Å². The first kappa shape index (κ1) is 32.7. The number of halogens is 1. The lowest BCUT2D eigenvalue weighted by Gasteiger charge is -2.33. The fraction of sp³-hybridized carbons (Fsp3) is 0.424. The molecule has 1 amide bonds. The maximum Gasteiger partial charge on any atom is 0.350 e. The number of para-hydroxylation sites is 1. The van der Waals surface area contributed by atoms with E-state index in [9.17, 15) is 13.2 Å². The molecule has 4 aromatic rings. The summed E-state index contributed by atoms with van der Waals surface area (Å²) in [5, 5.41) is 7.42. The predicted octanol–water partition coefficient (Wildman–Crippen LogP) is 6.55. The van der Waals surface area contributed by atoms with Crippen molar-refractivity contribution in [1.82, 2.24) is 14.9 Å². The summed E-state index contributed by atoms with van der Waals surface area (Å²) in [6.45, 7) is 12.9. The first-order chi connectivity index (χ1) is 21.4. The summed E-state index contributed by atoms with van der Waals surface area (Å²) in [7, 11) is -3.53. The molecule has 0 spiro atoms. The van der Waals surface area contributed by atoms with Crippen molar-refractivity contribution in [2.45, 2.75) is 76.6 Å². The van der Waals surface area contributed by atoms with Crippen molar-refractivity contribution >= 4 is 65.7 Å². The van der Waals surface area contributed by atoms with Crippen LogP contribution in [-0.2, 0) is 14.6 Å². The standard InChI is InChI=1S/C33H41BrN6O4S/c1-19(2)44-28-16-24(23-11-13-40(14-12-23)30(41)17-34)21(5)15-26(28)37-33-38-27-18-35-22(6)31(27)32(39-33)36-25-9-7-8-10-29(25)45(42,43)20(3)4/h7-10,15-16,18-20,23,35H,11-14,17H2,1-6H3,(H2,36,37,38,39)/p+1. The van der Waals surface area contributed by atoms with E-state index in [2.05, 4.69) is 55.6 Å². The minimum atomic E-state index is -3.53. The fourth-order valence-electron chi connectivity index (χ4n) is 5.85. The molecule has 0 saturated carbocycles. The molecule has 2 aromatic carbocycles. The highest BCUT2D eigenvalue weighted by Gasteiger charge is 2.28. The van der Waals surface area contributed by atoms with Gasteiger partial charge in [0, 0.05) is 25.0 Å². The van der Waals surface area contributed by atoms with Crippen LogP contribution in [0.15, 0.2) is 47.5 Å². The molecule has 4 N–H and O–H groups in total. The van der Waals surface area contributed by atoms with Gasteiger partial charge < -0.3 is 14.6 Å². The van der Waals surface area contributed by atoms with Crippen LogP contribution in [0.4, 0.5) is 23.1 Å². The van der Waals surface area contributed by atoms with Crippen LogP contribution in [-0.4, -0.2) is 59.0 Å². The minimum absolute atomic E-state index is 0.0529. The lowest BCUT2D eigenvalue weighted by atomic mass is 9.86. The number of anilines is 4. The topological polar surface area (TPSA) is 131 Å². The number of fused-ring (bicyclic) bond motifs is 1. The van der Waals surface area contributed by atoms with Crippen molar-refractivity contribution in [2.24, 2.45) is 0 Å². The van der Waals surface area contributed by atoms with E-state index in [-0.39, 0.29) is 16.9 Å². The third kappa shape index (κ3) is 6.96. The van der Waals surface area contributed by atoms with Gasteiger partial charge in [-0.3, -0.25) is 15.4 Å². The Bertz CT molecular complexity index is 1810. The van der Waals surface area contributed by atoms with Crippen molar-refractivity contribution < 1.29 is 22.9 Å². The van der Waals surface area contributed by atoms with E-state index in [1.165, 1.54) is 5.56 Å². The predicted molar refractivity (Wildman–Crippen MR) is 182 cm³/mol. The Morgan fingerprint density at radius 1 is 1.11 bits per heavy atom. The van der Waals surface area contributed by atoms with Gasteiger partial charge in [0.05, 0.1) is 22.1 Å². The molecule has 0 bridgehead atoms. The quantitative estimate of drug-likeness (QED) is 0.160. The van der Waals surface area contributed by atoms with Crippen LogP contribution < -0.4 is 20.4 Å². The van der Waals surface area contributed by atoms with Crippen LogP contribution in [0.25, 0.3) is 10.9 Å². The number of rotatable bonds is 10. The summed E-state index contributed by atoms with van der Waals surface area (Å²) in [5.74, 6) is 2.25. The lowest BCUT2D eigenvalue weighted by molar-refractivity contribution is -0.345. The molecule has 0 aliphatic carbocycles. The maximum absolute atomic E-state index is 13.2. The molecule has 1 saturated heterocycles. The highest BCUT2D eigenvalue weighted by molar-refractivity contribution is 9.09. The number of amides is 1. The number of nitrogens with one attached hydrogen (secondary N) is 4. The molecule has 3 heterocycles. The summed E-state index contributed by atoms with van der Waals surface area (Å²) >= 11 is 3.29. The number of alkyl halides is 1. The van der Waals surface area contributed by atoms with E-state index in [1.54, 1.807) is 32.0 Å². The van der Waals surface area contributed by atoms with Crippen molar-refractivity contribution in [3.05, 3.63) is 59.4 Å². The van der Waals surface area contributed by atoms with E-state index in [0.29, 0.717) is 40.0 Å². The van der Waals surface area contributed by atoms with Gasteiger partial charge in [0.1, 0.15) is 16.3 Å². The molecular weight excluding hydrogens is 656 g/mol. The van der Waals surface area contributed by atoms with Gasteiger partial charge in [-0.05, 0) is 95.7 Å². The monoisotopic (exact) mass is 697 g/mol. The Hall–Kier alpha value is -3.64. The number of aromatic amines is 2. The average Bonchev–Trinajstić information content (AvgIpc) is 3.38. The number of piperidine rings is 1. The molecule has 5 rings (SSSR count). The SMILES string of the molecule is Cc1cc(Nc2nc3c[nH]c(C)c3c(Nc3ccccc3S(=O)(=O)C(C)C)[nH+]2)c(OC(C)C)cc1C1CCN(C(=O)CBr)CC1. The lowest BCUT2D eigenvalue weighted by Crippen LogP contribution is -2.38. The molecule has 0 radical (unpaired) electrons. The first-order valence-corrected chi connectivity index (χ1v) is 18.0. The van der Waals surface area contributed by atoms with Gasteiger partial charge >= 0.3 is 5.95 Å². The molecule has 2 aromatic heterocycles. The summed E-state index contributed by atoms with van der Waals surface area (Å²) in [6, 6.07) is 11.1. The third-order valence-electron chi connectivity index (χ3n) is 8.24. The Kier molecular flexibility index (Phi) is 9.74. The number of sulfone groups is 1. The molecule has 240 valence electrons. The molecule has 45 heavy (non-hydrogen) atoms. The Balaban J connectivity index is 1.50. The average molecular weight is 699 g/mol. The maximum atomic E-state index is 13.2. The van der Waals surface area contributed by atoms with Gasteiger partial charge in [-0.1, -0.05) is 28.1 Å². The Labute approximate surface area is 273 Å². The Morgan fingerprint density at radius 2 is 1.82 bits per heavy atom. The third-order valence-corrected chi connectivity index (χ3v) is 10.9. The number of benzene rings is 2. The summed E-state index contributed by atoms with van der Waals surface area (Å²) < 4.78 is 32.7. The van der Waals surface area contributed by atoms with Crippen LogP contribution in [0.1, 0.15) is 63.3 Å². The van der Waals surface area contributed by atoms with Crippen molar-refractivity contribution in [3.63, 3.8) is 0 Å². The number of carbonyl (C=O) groups is 1. The van der Waals surface area contributed by atoms with Gasteiger partial charge in [-0.25, -0.2) is 13.4 Å². The number of aromatic nitrogens is 3. The zero-order chi connectivity index (χ0) is 32.5. The summed E-state index contributed by atoms with van der Waals surface area (Å²) in [5.41, 5.74) is 5.20. The van der Waals surface area contributed by atoms with E-state index >= 15 is 0 Å². The van der Waals surface area contributed by atoms with E-state index in [1.807, 2.05) is 37.9 Å². The van der Waals surface area contributed by atoms with Crippen molar-refractivity contribution in [2.75, 3.05) is 29.1 Å². The zero-order valence-corrected chi connectivity index (χ0v) is 29.0. The molecule has 0 unspecified atom stereocenters. The smallest absolute Gasteiger partial charge is 0.350 e. The molecule has 1 aliphatic rings. The first-order valence-electron chi connectivity index (χ1n) is 15.3. The van der Waals surface area contributed by atoms with Crippen LogP contribution >= 0.6 is 15.9 Å². The molecule has 12 heteroatoms. The highest BCUT2D eigenvalue weighted by Crippen LogP contribution is 2.38. The molecule has 0 atom stereocenters. The number of likely N-dealkylation sites (tertiary alicyclic amines) is 1. The number of carbonyl (C=O) groups excluding carboxylic acids is 1. The second-order valence-corrected chi connectivity index (χ2v) is 15.2. The number of hydrogen-bond donors (Lipinski definition) is 3. The van der Waals surface area contributed by atoms with Crippen LogP contribution in [0.2, 0.25) is 0 Å². The minimum Gasteiger partial charge on any atom is -0.488 e. The number of hydrogen-bond acceptors (Lipinski definition) is 7. The van der Waals surface area contributed by atoms with E-state index in [4.69, 9.17) is 9.72 Å². The second kappa shape index (κ2) is 13.4. The second-order valence-electron chi connectivity index (χ2n) is 12.1. The van der Waals surface area contributed by atoms with Gasteiger partial charge in [0.15, 0.2) is 21.1 Å². The van der Waals surface area contributed by atoms with Gasteiger partial charge in [-0.15, -0.1) is 4.98 Å². The fourth-order valence-corrected chi connectivity index (χ4v) is 7.41. The van der Waals surface area contributed by atoms with Gasteiger partial charge in [-0.2, -0.15) is 0 Å². The largest absolute Gasteiger partial charge is 0.488 e. The van der Waals surface area contributed by atoms with E-state index < -0.39 is 15.1 Å². The van der Waals surface area contributed by atoms with Crippen molar-refractivity contribution in [1.29, 1.82) is 0 Å². The number of aryl methyl sites for hydroxylation is 2. The summed E-state index contributed by atoms with van der Waals surface area (Å²) in [6.07, 6.45) is 3.57. The number of ether oxygens (including phenoxy) is 1. The zero-order valence-electron chi connectivity index (χ0n) is 26.6. The highest BCUT2D eigenvalue weighted by atomic mass is 79.9. The van der Waals surface area contributed by atoms with Gasteiger partial charge in [0.25, 0.3) is 0 Å². The van der Waals surface area contributed by atoms with Crippen LogP contribution in [0, 0.1) is 13.8 Å². The molecule has 1 fully saturated rings. The van der Waals surface area contributed by atoms with Crippen LogP contribution in [0.3, 0.4) is 0 Å².